The third kappa shape index (κ3) is 2.29. The monoisotopic (exact) mass is 289 g/mol. The highest BCUT2D eigenvalue weighted by Gasteiger charge is 2.16. The van der Waals surface area contributed by atoms with E-state index in [1.807, 2.05) is 36.3 Å². The maximum Gasteiger partial charge on any atom is 0.160 e. The normalized spacial score (nSPS) is 12.9. The van der Waals surface area contributed by atoms with Crippen LogP contribution in [0.5, 0.6) is 0 Å². The van der Waals surface area contributed by atoms with Crippen molar-refractivity contribution < 1.29 is 0 Å². The zero-order chi connectivity index (χ0) is 14.1. The van der Waals surface area contributed by atoms with Gasteiger partial charge < -0.3 is 9.13 Å². The first-order valence-electron chi connectivity index (χ1n) is 6.54. The van der Waals surface area contributed by atoms with E-state index < -0.39 is 0 Å². The molecule has 3 aromatic rings. The lowest BCUT2D eigenvalue weighted by molar-refractivity contribution is 0.462. The van der Waals surface area contributed by atoms with Gasteiger partial charge in [0.2, 0.25) is 0 Å². The summed E-state index contributed by atoms with van der Waals surface area (Å²) in [6, 6.07) is 2.25. The molecule has 3 rings (SSSR count). The molecular formula is C14H16ClN5. The average Bonchev–Trinajstić information content (AvgIpc) is 3.04. The number of alkyl halides is 1. The van der Waals surface area contributed by atoms with E-state index in [9.17, 15) is 0 Å². The Morgan fingerprint density at radius 1 is 1.40 bits per heavy atom. The van der Waals surface area contributed by atoms with Gasteiger partial charge in [-0.1, -0.05) is 0 Å². The summed E-state index contributed by atoms with van der Waals surface area (Å²) in [5.74, 6) is 1.23. The van der Waals surface area contributed by atoms with Gasteiger partial charge in [0.1, 0.15) is 11.3 Å². The van der Waals surface area contributed by atoms with Gasteiger partial charge >= 0.3 is 0 Å². The van der Waals surface area contributed by atoms with E-state index in [0.717, 1.165) is 29.1 Å². The van der Waals surface area contributed by atoms with E-state index in [4.69, 9.17) is 11.6 Å². The lowest BCUT2D eigenvalue weighted by Gasteiger charge is -2.16. The molecule has 3 aromatic heterocycles. The van der Waals surface area contributed by atoms with E-state index >= 15 is 0 Å². The first kappa shape index (κ1) is 13.1. The van der Waals surface area contributed by atoms with Gasteiger partial charge in [-0.2, -0.15) is 0 Å². The lowest BCUT2D eigenvalue weighted by atomic mass is 10.3. The number of hydrogen-bond donors (Lipinski definition) is 0. The molecule has 0 spiro atoms. The van der Waals surface area contributed by atoms with Crippen LogP contribution >= 0.6 is 11.6 Å². The van der Waals surface area contributed by atoms with Crippen molar-refractivity contribution in [3.05, 3.63) is 42.4 Å². The minimum Gasteiger partial charge on any atom is -0.335 e. The van der Waals surface area contributed by atoms with Crippen molar-refractivity contribution in [2.75, 3.05) is 0 Å². The molecule has 104 valence electrons. The zero-order valence-electron chi connectivity index (χ0n) is 11.5. The van der Waals surface area contributed by atoms with Crippen LogP contribution in [0.4, 0.5) is 0 Å². The highest BCUT2D eigenvalue weighted by Crippen LogP contribution is 2.22. The number of fused-ring (bicyclic) bond motifs is 1. The van der Waals surface area contributed by atoms with Crippen LogP contribution in [0.25, 0.3) is 11.2 Å². The molecule has 0 aliphatic heterocycles. The molecule has 3 heterocycles. The molecule has 0 aromatic carbocycles. The van der Waals surface area contributed by atoms with Gasteiger partial charge in [0.15, 0.2) is 5.65 Å². The van der Waals surface area contributed by atoms with Crippen molar-refractivity contribution in [2.24, 2.45) is 0 Å². The maximum absolute atomic E-state index is 6.04. The number of halogens is 1. The molecule has 20 heavy (non-hydrogen) atoms. The molecule has 0 fully saturated rings. The predicted molar refractivity (Wildman–Crippen MR) is 78.8 cm³/mol. The molecule has 0 aliphatic carbocycles. The molecule has 0 amide bonds. The van der Waals surface area contributed by atoms with Crippen molar-refractivity contribution in [3.63, 3.8) is 0 Å². The molecule has 0 radical (unpaired) electrons. The summed E-state index contributed by atoms with van der Waals surface area (Å²) < 4.78 is 4.16. The quantitative estimate of drug-likeness (QED) is 0.694. The van der Waals surface area contributed by atoms with Gasteiger partial charge in [-0.05, 0) is 25.5 Å². The number of nitrogens with zero attached hydrogens (tertiary/aromatic N) is 5. The summed E-state index contributed by atoms with van der Waals surface area (Å²) in [6.07, 6.45) is 7.41. The Bertz CT molecular complexity index is 717. The molecule has 1 atom stereocenters. The molecule has 0 N–H and O–H groups in total. The Balaban J connectivity index is 2.04. The summed E-state index contributed by atoms with van der Waals surface area (Å²) >= 11 is 6.04. The van der Waals surface area contributed by atoms with Crippen LogP contribution < -0.4 is 0 Å². The molecular weight excluding hydrogens is 274 g/mol. The fourth-order valence-corrected chi connectivity index (χ4v) is 2.66. The van der Waals surface area contributed by atoms with Crippen LogP contribution in [0.2, 0.25) is 0 Å². The summed E-state index contributed by atoms with van der Waals surface area (Å²) in [5.41, 5.74) is 2.89. The van der Waals surface area contributed by atoms with Crippen molar-refractivity contribution in [3.8, 4) is 0 Å². The maximum atomic E-state index is 6.04. The summed E-state index contributed by atoms with van der Waals surface area (Å²) in [4.78, 5) is 13.2. The number of pyridine rings is 1. The Kier molecular flexibility index (Phi) is 3.44. The minimum absolute atomic E-state index is 0.207. The highest BCUT2D eigenvalue weighted by atomic mass is 35.5. The van der Waals surface area contributed by atoms with Gasteiger partial charge in [0, 0.05) is 25.1 Å². The van der Waals surface area contributed by atoms with Crippen LogP contribution in [0.15, 0.2) is 31.0 Å². The van der Waals surface area contributed by atoms with E-state index in [2.05, 4.69) is 26.4 Å². The van der Waals surface area contributed by atoms with Crippen molar-refractivity contribution in [1.29, 1.82) is 0 Å². The number of rotatable bonds is 4. The average molecular weight is 290 g/mol. The van der Waals surface area contributed by atoms with Crippen LogP contribution in [-0.4, -0.2) is 24.1 Å². The first-order valence-corrected chi connectivity index (χ1v) is 7.07. The van der Waals surface area contributed by atoms with E-state index in [1.54, 1.807) is 6.20 Å². The number of hydrogen-bond acceptors (Lipinski definition) is 3. The summed E-state index contributed by atoms with van der Waals surface area (Å²) in [6.45, 7) is 4.96. The van der Waals surface area contributed by atoms with E-state index in [0.29, 0.717) is 5.88 Å². The van der Waals surface area contributed by atoms with Crippen molar-refractivity contribution in [2.45, 2.75) is 32.3 Å². The molecule has 0 bridgehead atoms. The van der Waals surface area contributed by atoms with E-state index in [-0.39, 0.29) is 6.04 Å². The molecule has 5 nitrogen and oxygen atoms in total. The summed E-state index contributed by atoms with van der Waals surface area (Å²) in [5, 5.41) is 0. The lowest BCUT2D eigenvalue weighted by Crippen LogP contribution is -2.14. The smallest absolute Gasteiger partial charge is 0.160 e. The predicted octanol–water partition coefficient (Wildman–Crippen LogP) is 2.94. The second-order valence-corrected chi connectivity index (χ2v) is 5.26. The van der Waals surface area contributed by atoms with Gasteiger partial charge in [0.25, 0.3) is 0 Å². The Labute approximate surface area is 122 Å². The van der Waals surface area contributed by atoms with Crippen LogP contribution in [-0.2, 0) is 12.4 Å². The first-order chi connectivity index (χ1) is 9.69. The number of aromatic nitrogens is 5. The molecule has 6 heteroatoms. The number of imidazole rings is 2. The van der Waals surface area contributed by atoms with Crippen molar-refractivity contribution >= 4 is 22.8 Å². The number of aryl methyl sites for hydroxylation is 1. The van der Waals surface area contributed by atoms with Gasteiger partial charge in [-0.25, -0.2) is 15.0 Å². The fraction of sp³-hybridized carbons (Fsp3) is 0.357. The zero-order valence-corrected chi connectivity index (χ0v) is 12.2. The van der Waals surface area contributed by atoms with Crippen LogP contribution in [0.3, 0.4) is 0 Å². The second kappa shape index (κ2) is 5.25. The van der Waals surface area contributed by atoms with Crippen LogP contribution in [0.1, 0.15) is 24.4 Å². The van der Waals surface area contributed by atoms with Gasteiger partial charge in [0.05, 0.1) is 18.2 Å². The third-order valence-electron chi connectivity index (χ3n) is 3.33. The van der Waals surface area contributed by atoms with Gasteiger partial charge in [-0.15, -0.1) is 11.6 Å². The molecule has 0 aliphatic rings. The molecule has 0 saturated heterocycles. The topological polar surface area (TPSA) is 48.5 Å². The summed E-state index contributed by atoms with van der Waals surface area (Å²) in [7, 11) is 0. The molecule has 1 unspecified atom stereocenters. The van der Waals surface area contributed by atoms with Gasteiger partial charge in [-0.3, -0.25) is 0 Å². The largest absolute Gasteiger partial charge is 0.335 e. The third-order valence-corrected chi connectivity index (χ3v) is 3.57. The minimum atomic E-state index is 0.207. The van der Waals surface area contributed by atoms with Crippen LogP contribution in [0, 0.1) is 6.92 Å². The molecule has 0 saturated carbocycles. The Morgan fingerprint density at radius 3 is 2.95 bits per heavy atom. The highest BCUT2D eigenvalue weighted by molar-refractivity contribution is 6.16. The Morgan fingerprint density at radius 2 is 2.25 bits per heavy atom. The van der Waals surface area contributed by atoms with Crippen molar-refractivity contribution in [1.82, 2.24) is 24.1 Å². The standard InChI is InChI=1S/C14H16ClN5/c1-10-5-12-14(17-7-10)20(13(6-15)18-12)11(2)8-19-4-3-16-9-19/h3-5,7,9,11H,6,8H2,1-2H3. The fourth-order valence-electron chi connectivity index (χ4n) is 2.47. The second-order valence-electron chi connectivity index (χ2n) is 5.00. The SMILES string of the molecule is Cc1cnc2c(c1)nc(CCl)n2C(C)Cn1ccnc1. The van der Waals surface area contributed by atoms with E-state index in [1.165, 1.54) is 0 Å². The Hall–Kier alpha value is -1.88.